The maximum atomic E-state index is 12.5. The molecule has 21 heavy (non-hydrogen) atoms. The fourth-order valence-corrected chi connectivity index (χ4v) is 4.46. The Morgan fingerprint density at radius 1 is 1.24 bits per heavy atom. The second-order valence-electron chi connectivity index (χ2n) is 5.52. The Hall–Kier alpha value is -0.950. The Morgan fingerprint density at radius 3 is 2.57 bits per heavy atom. The average molecular weight is 319 g/mol. The maximum Gasteiger partial charge on any atom is 0.305 e. The molecule has 1 rings (SSSR count). The molecule has 1 fully saturated rings. The zero-order valence-corrected chi connectivity index (χ0v) is 13.7. The second-order valence-corrected chi connectivity index (χ2v) is 7.56. The molecule has 1 atom stereocenters. The van der Waals surface area contributed by atoms with Crippen molar-refractivity contribution >= 4 is 21.8 Å². The van der Waals surface area contributed by atoms with Crippen LogP contribution in [-0.2, 0) is 24.3 Å². The number of sulfonamides is 1. The summed E-state index contributed by atoms with van der Waals surface area (Å²) in [5.74, 6) is -0.464. The van der Waals surface area contributed by atoms with E-state index in [1.807, 2.05) is 0 Å². The molecule has 0 aromatic heterocycles. The monoisotopic (exact) mass is 319 g/mol. The van der Waals surface area contributed by atoms with Gasteiger partial charge in [0.1, 0.15) is 5.78 Å². The van der Waals surface area contributed by atoms with Crippen LogP contribution in [0.5, 0.6) is 0 Å². The van der Waals surface area contributed by atoms with Gasteiger partial charge in [-0.05, 0) is 26.2 Å². The van der Waals surface area contributed by atoms with Gasteiger partial charge in [-0.3, -0.25) is 9.59 Å². The summed E-state index contributed by atoms with van der Waals surface area (Å²) in [6, 6.07) is -0.229. The van der Waals surface area contributed by atoms with E-state index >= 15 is 0 Å². The summed E-state index contributed by atoms with van der Waals surface area (Å²) < 4.78 is 30.9. The highest BCUT2D eigenvalue weighted by atomic mass is 32.2. The number of hydrogen-bond acceptors (Lipinski definition) is 5. The van der Waals surface area contributed by atoms with Crippen molar-refractivity contribution in [1.82, 2.24) is 4.31 Å². The number of nitrogens with zero attached hydrogens (tertiary/aromatic N) is 1. The minimum atomic E-state index is -3.43. The number of hydrogen-bond donors (Lipinski definition) is 0. The molecule has 1 unspecified atom stereocenters. The number of Topliss-reactive ketones (excluding diaryl/α,β-unsaturated/α-hetero) is 1. The molecule has 0 amide bonds. The Labute approximate surface area is 126 Å². The van der Waals surface area contributed by atoms with Crippen LogP contribution in [0.15, 0.2) is 0 Å². The lowest BCUT2D eigenvalue weighted by molar-refractivity contribution is -0.140. The first kappa shape index (κ1) is 18.1. The van der Waals surface area contributed by atoms with Crippen LogP contribution in [0.2, 0.25) is 0 Å². The van der Waals surface area contributed by atoms with E-state index in [1.165, 1.54) is 18.3 Å². The van der Waals surface area contributed by atoms with E-state index in [9.17, 15) is 18.0 Å². The number of carbonyl (C=O) groups excluding carboxylic acids is 2. The van der Waals surface area contributed by atoms with Crippen molar-refractivity contribution in [3.8, 4) is 0 Å². The highest BCUT2D eigenvalue weighted by molar-refractivity contribution is 7.89. The molecule has 0 spiro atoms. The van der Waals surface area contributed by atoms with Gasteiger partial charge in [-0.25, -0.2) is 8.42 Å². The molecular formula is C14H25NO5S. The van der Waals surface area contributed by atoms with Gasteiger partial charge < -0.3 is 4.74 Å². The summed E-state index contributed by atoms with van der Waals surface area (Å²) >= 11 is 0. The van der Waals surface area contributed by atoms with Crippen LogP contribution in [0.3, 0.4) is 0 Å². The minimum Gasteiger partial charge on any atom is -0.469 e. The Bertz CT molecular complexity index is 460. The van der Waals surface area contributed by atoms with Crippen LogP contribution in [-0.4, -0.2) is 49.9 Å². The fourth-order valence-electron chi connectivity index (χ4n) is 2.67. The maximum absolute atomic E-state index is 12.5. The molecule has 0 aromatic rings. The average Bonchev–Trinajstić information content (AvgIpc) is 2.63. The number of ether oxygens (including phenoxy) is 1. The first-order valence-electron chi connectivity index (χ1n) is 7.42. The van der Waals surface area contributed by atoms with Crippen LogP contribution < -0.4 is 0 Å². The number of ketones is 1. The van der Waals surface area contributed by atoms with Crippen molar-refractivity contribution < 1.29 is 22.7 Å². The van der Waals surface area contributed by atoms with E-state index < -0.39 is 16.0 Å². The van der Waals surface area contributed by atoms with E-state index in [-0.39, 0.29) is 36.8 Å². The zero-order valence-electron chi connectivity index (χ0n) is 12.8. The van der Waals surface area contributed by atoms with Crippen LogP contribution in [0, 0.1) is 0 Å². The van der Waals surface area contributed by atoms with Gasteiger partial charge in [-0.15, -0.1) is 0 Å². The van der Waals surface area contributed by atoms with Crippen LogP contribution in [0.4, 0.5) is 0 Å². The molecule has 0 bridgehead atoms. The predicted molar refractivity (Wildman–Crippen MR) is 79.3 cm³/mol. The molecule has 7 heteroatoms. The molecule has 0 aliphatic carbocycles. The van der Waals surface area contributed by atoms with Crippen LogP contribution in [0.1, 0.15) is 51.9 Å². The topological polar surface area (TPSA) is 80.8 Å². The van der Waals surface area contributed by atoms with Crippen molar-refractivity contribution in [2.45, 2.75) is 57.9 Å². The van der Waals surface area contributed by atoms with E-state index in [1.54, 1.807) is 0 Å². The molecule has 1 aliphatic rings. The summed E-state index contributed by atoms with van der Waals surface area (Å²) in [6.07, 6.45) is 4.12. The van der Waals surface area contributed by atoms with E-state index in [2.05, 4.69) is 4.74 Å². The summed E-state index contributed by atoms with van der Waals surface area (Å²) in [5, 5.41) is 0. The van der Waals surface area contributed by atoms with Crippen molar-refractivity contribution in [3.63, 3.8) is 0 Å². The SMILES string of the molecule is COC(=O)CCCS(=O)(=O)N1CCCCCC1CC(C)=O. The molecular weight excluding hydrogens is 294 g/mol. The van der Waals surface area contributed by atoms with Crippen molar-refractivity contribution in [2.24, 2.45) is 0 Å². The van der Waals surface area contributed by atoms with Crippen LogP contribution >= 0.6 is 0 Å². The van der Waals surface area contributed by atoms with Gasteiger partial charge in [0.15, 0.2) is 0 Å². The Morgan fingerprint density at radius 2 is 1.95 bits per heavy atom. The summed E-state index contributed by atoms with van der Waals surface area (Å²) in [4.78, 5) is 22.4. The van der Waals surface area contributed by atoms with Gasteiger partial charge >= 0.3 is 5.97 Å². The third-order valence-electron chi connectivity index (χ3n) is 3.71. The summed E-state index contributed by atoms with van der Waals surface area (Å²) in [5.41, 5.74) is 0. The summed E-state index contributed by atoms with van der Waals surface area (Å²) in [6.45, 7) is 1.96. The molecule has 1 heterocycles. The molecule has 0 N–H and O–H groups in total. The van der Waals surface area contributed by atoms with Gasteiger partial charge in [0, 0.05) is 25.4 Å². The zero-order chi connectivity index (χ0) is 15.9. The first-order chi connectivity index (χ1) is 9.86. The van der Waals surface area contributed by atoms with Gasteiger partial charge in [0.05, 0.1) is 12.9 Å². The fraction of sp³-hybridized carbons (Fsp3) is 0.857. The lowest BCUT2D eigenvalue weighted by Gasteiger charge is -2.28. The van der Waals surface area contributed by atoms with Gasteiger partial charge in [-0.2, -0.15) is 4.31 Å². The number of rotatable bonds is 7. The number of methoxy groups -OCH3 is 1. The normalized spacial score (nSPS) is 20.8. The Balaban J connectivity index is 2.70. The van der Waals surface area contributed by atoms with E-state index in [0.717, 1.165) is 25.7 Å². The van der Waals surface area contributed by atoms with Crippen LogP contribution in [0.25, 0.3) is 0 Å². The molecule has 1 aliphatic heterocycles. The summed E-state index contributed by atoms with van der Waals surface area (Å²) in [7, 11) is -2.15. The minimum absolute atomic E-state index is 0.0108. The highest BCUT2D eigenvalue weighted by Gasteiger charge is 2.31. The van der Waals surface area contributed by atoms with Crippen molar-refractivity contribution in [1.29, 1.82) is 0 Å². The molecule has 122 valence electrons. The standard InChI is InChI=1S/C14H25NO5S/c1-12(16)11-13-7-4-3-5-9-15(13)21(18,19)10-6-8-14(17)20-2/h13H,3-11H2,1-2H3. The molecule has 0 aromatic carbocycles. The first-order valence-corrected chi connectivity index (χ1v) is 9.03. The smallest absolute Gasteiger partial charge is 0.305 e. The van der Waals surface area contributed by atoms with Gasteiger partial charge in [0.2, 0.25) is 10.0 Å². The molecule has 1 saturated heterocycles. The highest BCUT2D eigenvalue weighted by Crippen LogP contribution is 2.23. The number of esters is 1. The van der Waals surface area contributed by atoms with Crippen molar-refractivity contribution in [3.05, 3.63) is 0 Å². The quantitative estimate of drug-likeness (QED) is 0.664. The van der Waals surface area contributed by atoms with E-state index in [0.29, 0.717) is 6.54 Å². The lowest BCUT2D eigenvalue weighted by Crippen LogP contribution is -2.42. The molecule has 0 saturated carbocycles. The third kappa shape index (κ3) is 6.13. The van der Waals surface area contributed by atoms with Gasteiger partial charge in [0.25, 0.3) is 0 Å². The lowest BCUT2D eigenvalue weighted by atomic mass is 10.1. The molecule has 0 radical (unpaired) electrons. The second kappa shape index (κ2) is 8.48. The largest absolute Gasteiger partial charge is 0.469 e. The number of carbonyl (C=O) groups is 2. The molecule has 6 nitrogen and oxygen atoms in total. The predicted octanol–water partition coefficient (Wildman–Crippen LogP) is 1.49. The van der Waals surface area contributed by atoms with Crippen molar-refractivity contribution in [2.75, 3.05) is 19.4 Å². The van der Waals surface area contributed by atoms with Gasteiger partial charge in [-0.1, -0.05) is 12.8 Å². The Kier molecular flexibility index (Phi) is 7.31. The van der Waals surface area contributed by atoms with E-state index in [4.69, 9.17) is 0 Å². The third-order valence-corrected chi connectivity index (χ3v) is 5.71.